The number of aliphatic carboxylic acids is 1. The van der Waals surface area contributed by atoms with Gasteiger partial charge in [-0.3, -0.25) is 4.79 Å². The highest BCUT2D eigenvalue weighted by atomic mass is 35.5. The molecule has 1 aromatic rings. The molecule has 0 radical (unpaired) electrons. The molecule has 0 aliphatic heterocycles. The van der Waals surface area contributed by atoms with Gasteiger partial charge in [0, 0.05) is 5.02 Å². The standard InChI is InChI=1S/C14H16ClNO4/c15-10-4-1-3-9(7-10)14(5-2-6-14)13(20)16-8-11(17)12(18)19/h1,3-4,7,11,17H,2,5-6,8H2,(H,16,20)(H,18,19)/t11-/m0/s1. The Labute approximate surface area is 121 Å². The molecule has 3 N–H and O–H groups in total. The van der Waals surface area contributed by atoms with Crippen molar-refractivity contribution < 1.29 is 19.8 Å². The summed E-state index contributed by atoms with van der Waals surface area (Å²) < 4.78 is 0. The predicted molar refractivity (Wildman–Crippen MR) is 73.6 cm³/mol. The van der Waals surface area contributed by atoms with Crippen molar-refractivity contribution in [2.24, 2.45) is 0 Å². The van der Waals surface area contributed by atoms with Crippen molar-refractivity contribution in [2.75, 3.05) is 6.54 Å². The molecule has 1 aliphatic carbocycles. The first-order valence-electron chi connectivity index (χ1n) is 6.41. The van der Waals surface area contributed by atoms with Gasteiger partial charge in [-0.25, -0.2) is 4.79 Å². The number of aliphatic hydroxyl groups excluding tert-OH is 1. The first-order valence-corrected chi connectivity index (χ1v) is 6.79. The monoisotopic (exact) mass is 297 g/mol. The van der Waals surface area contributed by atoms with Gasteiger partial charge in [0.2, 0.25) is 5.91 Å². The van der Waals surface area contributed by atoms with Crippen molar-refractivity contribution in [3.05, 3.63) is 34.9 Å². The molecule has 0 bridgehead atoms. The molecule has 1 amide bonds. The van der Waals surface area contributed by atoms with E-state index in [1.54, 1.807) is 18.2 Å². The minimum atomic E-state index is -1.59. The number of rotatable bonds is 5. The summed E-state index contributed by atoms with van der Waals surface area (Å²) in [5.74, 6) is -1.61. The van der Waals surface area contributed by atoms with Gasteiger partial charge < -0.3 is 15.5 Å². The molecular weight excluding hydrogens is 282 g/mol. The zero-order chi connectivity index (χ0) is 14.8. The molecule has 1 saturated carbocycles. The van der Waals surface area contributed by atoms with Gasteiger partial charge in [-0.15, -0.1) is 0 Å². The third-order valence-electron chi connectivity index (χ3n) is 3.76. The first kappa shape index (κ1) is 14.8. The highest BCUT2D eigenvalue weighted by molar-refractivity contribution is 6.30. The van der Waals surface area contributed by atoms with Crippen molar-refractivity contribution in [3.8, 4) is 0 Å². The molecule has 1 aliphatic rings. The van der Waals surface area contributed by atoms with Crippen LogP contribution in [0.4, 0.5) is 0 Å². The molecular formula is C14H16ClNO4. The lowest BCUT2D eigenvalue weighted by Crippen LogP contribution is -2.51. The zero-order valence-corrected chi connectivity index (χ0v) is 11.6. The maximum Gasteiger partial charge on any atom is 0.334 e. The Morgan fingerprint density at radius 1 is 1.40 bits per heavy atom. The fourth-order valence-electron chi connectivity index (χ4n) is 2.41. The average Bonchev–Trinajstić information content (AvgIpc) is 2.34. The number of aliphatic hydroxyl groups is 1. The van der Waals surface area contributed by atoms with Crippen LogP contribution in [-0.2, 0) is 15.0 Å². The Hall–Kier alpha value is -1.59. The van der Waals surface area contributed by atoms with E-state index in [1.165, 1.54) is 0 Å². The van der Waals surface area contributed by atoms with E-state index in [1.807, 2.05) is 6.07 Å². The fraction of sp³-hybridized carbons (Fsp3) is 0.429. The van der Waals surface area contributed by atoms with Crippen molar-refractivity contribution in [1.82, 2.24) is 5.32 Å². The number of hydrogen-bond acceptors (Lipinski definition) is 3. The Morgan fingerprint density at radius 3 is 2.60 bits per heavy atom. The van der Waals surface area contributed by atoms with E-state index >= 15 is 0 Å². The summed E-state index contributed by atoms with van der Waals surface area (Å²) in [5.41, 5.74) is 0.182. The predicted octanol–water partition coefficient (Wildman–Crippen LogP) is 1.32. The number of amides is 1. The van der Waals surface area contributed by atoms with E-state index < -0.39 is 17.5 Å². The summed E-state index contributed by atoms with van der Waals surface area (Å²) in [5, 5.41) is 20.9. The van der Waals surface area contributed by atoms with Crippen LogP contribution in [0.5, 0.6) is 0 Å². The van der Waals surface area contributed by atoms with Gasteiger partial charge in [0.05, 0.1) is 12.0 Å². The number of benzene rings is 1. The molecule has 5 nitrogen and oxygen atoms in total. The van der Waals surface area contributed by atoms with Gasteiger partial charge in [0.25, 0.3) is 0 Å². The average molecular weight is 298 g/mol. The van der Waals surface area contributed by atoms with Crippen LogP contribution in [0.3, 0.4) is 0 Å². The molecule has 1 fully saturated rings. The summed E-state index contributed by atoms with van der Waals surface area (Å²) in [6.07, 6.45) is 0.738. The fourth-order valence-corrected chi connectivity index (χ4v) is 2.60. The third-order valence-corrected chi connectivity index (χ3v) is 4.00. The van der Waals surface area contributed by atoms with Crippen molar-refractivity contribution in [2.45, 2.75) is 30.8 Å². The van der Waals surface area contributed by atoms with Crippen LogP contribution in [0.2, 0.25) is 5.02 Å². The van der Waals surface area contributed by atoms with Crippen LogP contribution in [0.15, 0.2) is 24.3 Å². The molecule has 1 aromatic carbocycles. The number of halogens is 1. The molecule has 0 saturated heterocycles. The largest absolute Gasteiger partial charge is 0.479 e. The summed E-state index contributed by atoms with van der Waals surface area (Å²) in [6.45, 7) is -0.295. The molecule has 0 aromatic heterocycles. The van der Waals surface area contributed by atoms with Crippen molar-refractivity contribution >= 4 is 23.5 Å². The number of nitrogens with one attached hydrogen (secondary N) is 1. The third kappa shape index (κ3) is 2.78. The molecule has 20 heavy (non-hydrogen) atoms. The van der Waals surface area contributed by atoms with Gasteiger partial charge in [0.1, 0.15) is 0 Å². The van der Waals surface area contributed by atoms with Crippen molar-refractivity contribution in [3.63, 3.8) is 0 Å². The van der Waals surface area contributed by atoms with E-state index in [-0.39, 0.29) is 12.5 Å². The van der Waals surface area contributed by atoms with E-state index in [9.17, 15) is 14.7 Å². The summed E-state index contributed by atoms with van der Waals surface area (Å²) in [7, 11) is 0. The van der Waals surface area contributed by atoms with Crippen LogP contribution in [0.25, 0.3) is 0 Å². The van der Waals surface area contributed by atoms with Gasteiger partial charge in [-0.05, 0) is 30.5 Å². The van der Waals surface area contributed by atoms with Gasteiger partial charge in [0.15, 0.2) is 6.10 Å². The van der Waals surface area contributed by atoms with Crippen LogP contribution in [0, 0.1) is 0 Å². The molecule has 1 atom stereocenters. The minimum Gasteiger partial charge on any atom is -0.479 e. The maximum atomic E-state index is 12.3. The summed E-state index contributed by atoms with van der Waals surface area (Å²) >= 11 is 5.96. The zero-order valence-electron chi connectivity index (χ0n) is 10.8. The SMILES string of the molecule is O=C(O)[C@@H](O)CNC(=O)C1(c2cccc(Cl)c2)CCC1. The lowest BCUT2D eigenvalue weighted by atomic mass is 9.64. The van der Waals surface area contributed by atoms with Crippen molar-refractivity contribution in [1.29, 1.82) is 0 Å². The Bertz CT molecular complexity index is 528. The normalized spacial score (nSPS) is 17.9. The number of hydrogen-bond donors (Lipinski definition) is 3. The van der Waals surface area contributed by atoms with Gasteiger partial charge in [-0.2, -0.15) is 0 Å². The smallest absolute Gasteiger partial charge is 0.334 e. The summed E-state index contributed by atoms with van der Waals surface area (Å²) in [6, 6.07) is 7.13. The highest BCUT2D eigenvalue weighted by Gasteiger charge is 2.45. The van der Waals surface area contributed by atoms with Crippen LogP contribution in [0.1, 0.15) is 24.8 Å². The van der Waals surface area contributed by atoms with E-state index in [0.717, 1.165) is 12.0 Å². The van der Waals surface area contributed by atoms with Crippen LogP contribution in [-0.4, -0.2) is 34.7 Å². The number of carbonyl (C=O) groups is 2. The second-order valence-electron chi connectivity index (χ2n) is 5.01. The Morgan fingerprint density at radius 2 is 2.10 bits per heavy atom. The minimum absolute atomic E-state index is 0.258. The number of carboxylic acid groups (broad SMARTS) is 1. The Balaban J connectivity index is 2.11. The second kappa shape index (κ2) is 5.81. The van der Waals surface area contributed by atoms with Crippen LogP contribution >= 0.6 is 11.6 Å². The van der Waals surface area contributed by atoms with Crippen LogP contribution < -0.4 is 5.32 Å². The molecule has 0 heterocycles. The maximum absolute atomic E-state index is 12.3. The summed E-state index contributed by atoms with van der Waals surface area (Å²) in [4.78, 5) is 22.9. The first-order chi connectivity index (χ1) is 9.45. The number of carboxylic acids is 1. The second-order valence-corrected chi connectivity index (χ2v) is 5.45. The number of carbonyl (C=O) groups excluding carboxylic acids is 1. The lowest BCUT2D eigenvalue weighted by Gasteiger charge is -2.40. The molecule has 0 spiro atoms. The Kier molecular flexibility index (Phi) is 4.30. The topological polar surface area (TPSA) is 86.6 Å². The molecule has 2 rings (SSSR count). The van der Waals surface area contributed by atoms with Gasteiger partial charge >= 0.3 is 5.97 Å². The van der Waals surface area contributed by atoms with E-state index in [4.69, 9.17) is 16.7 Å². The van der Waals surface area contributed by atoms with E-state index in [0.29, 0.717) is 17.9 Å². The molecule has 108 valence electrons. The highest BCUT2D eigenvalue weighted by Crippen LogP contribution is 2.44. The lowest BCUT2D eigenvalue weighted by molar-refractivity contribution is -0.146. The van der Waals surface area contributed by atoms with E-state index in [2.05, 4.69) is 5.32 Å². The van der Waals surface area contributed by atoms with Gasteiger partial charge in [-0.1, -0.05) is 30.2 Å². The quantitative estimate of drug-likeness (QED) is 0.765. The molecule has 0 unspecified atom stereocenters. The molecule has 6 heteroatoms.